The number of sulfone groups is 1. The number of non-ortho nitro benzene ring substituents is 1. The number of furan rings is 1. The number of nitro benzene ring substituents is 1. The number of aryl methyl sites for hydroxylation is 1. The molecule has 0 saturated carbocycles. The molecule has 0 fully saturated rings. The standard InChI is InChI=1S/C18H17N3O6S/c1-11-7-13-9-14(27-17(13)16(8-11)21(23)24)10-19-20-18(22)12-3-5-15(6-4-12)28(2,25)26/h3-9,19H,10H2,1-2H3,(H,20,22). The van der Waals surface area contributed by atoms with E-state index in [-0.39, 0.29) is 28.3 Å². The molecular formula is C18H17N3O6S. The molecule has 146 valence electrons. The molecule has 0 saturated heterocycles. The number of hydrogen-bond acceptors (Lipinski definition) is 7. The number of rotatable bonds is 6. The van der Waals surface area contributed by atoms with Gasteiger partial charge < -0.3 is 4.42 Å². The molecule has 2 aromatic carbocycles. The zero-order chi connectivity index (χ0) is 20.5. The molecule has 1 aromatic heterocycles. The molecule has 0 spiro atoms. The summed E-state index contributed by atoms with van der Waals surface area (Å²) in [7, 11) is -3.33. The summed E-state index contributed by atoms with van der Waals surface area (Å²) in [6.07, 6.45) is 1.09. The molecule has 0 aliphatic rings. The van der Waals surface area contributed by atoms with Gasteiger partial charge in [0.2, 0.25) is 5.58 Å². The predicted octanol–water partition coefficient (Wildman–Crippen LogP) is 2.49. The summed E-state index contributed by atoms with van der Waals surface area (Å²) in [5.74, 6) is -0.0468. The van der Waals surface area contributed by atoms with Gasteiger partial charge in [-0.3, -0.25) is 20.3 Å². The first-order chi connectivity index (χ1) is 13.1. The minimum atomic E-state index is -3.33. The van der Waals surface area contributed by atoms with Gasteiger partial charge in [0.15, 0.2) is 9.84 Å². The maximum atomic E-state index is 12.1. The van der Waals surface area contributed by atoms with Crippen LogP contribution in [0.5, 0.6) is 0 Å². The van der Waals surface area contributed by atoms with Crippen LogP contribution in [-0.4, -0.2) is 25.5 Å². The SMILES string of the molecule is Cc1cc([N+](=O)[O-])c2oc(CNNC(=O)c3ccc(S(C)(=O)=O)cc3)cc2c1. The van der Waals surface area contributed by atoms with Crippen LogP contribution in [0.3, 0.4) is 0 Å². The average Bonchev–Trinajstić information content (AvgIpc) is 3.02. The summed E-state index contributed by atoms with van der Waals surface area (Å²) in [6, 6.07) is 10.4. The van der Waals surface area contributed by atoms with Crippen molar-refractivity contribution in [3.05, 3.63) is 69.5 Å². The van der Waals surface area contributed by atoms with Crippen LogP contribution >= 0.6 is 0 Å². The molecule has 0 radical (unpaired) electrons. The number of nitrogens with one attached hydrogen (secondary N) is 2. The van der Waals surface area contributed by atoms with Gasteiger partial charge in [0.05, 0.1) is 16.4 Å². The van der Waals surface area contributed by atoms with E-state index in [0.717, 1.165) is 11.8 Å². The van der Waals surface area contributed by atoms with Crippen LogP contribution in [0.2, 0.25) is 0 Å². The highest BCUT2D eigenvalue weighted by atomic mass is 32.2. The fourth-order valence-corrected chi connectivity index (χ4v) is 3.32. The van der Waals surface area contributed by atoms with Gasteiger partial charge in [-0.2, -0.15) is 0 Å². The molecule has 0 atom stereocenters. The van der Waals surface area contributed by atoms with Crippen LogP contribution in [0.15, 0.2) is 51.8 Å². The molecule has 3 rings (SSSR count). The van der Waals surface area contributed by atoms with Crippen LogP contribution < -0.4 is 10.9 Å². The molecule has 0 bridgehead atoms. The first kappa shape index (κ1) is 19.5. The lowest BCUT2D eigenvalue weighted by Crippen LogP contribution is -2.36. The number of nitrogens with zero attached hydrogens (tertiary/aromatic N) is 1. The highest BCUT2D eigenvalue weighted by Gasteiger charge is 2.18. The van der Waals surface area contributed by atoms with Crippen LogP contribution in [0.25, 0.3) is 11.0 Å². The number of benzene rings is 2. The molecule has 0 unspecified atom stereocenters. The van der Waals surface area contributed by atoms with Gasteiger partial charge >= 0.3 is 5.69 Å². The highest BCUT2D eigenvalue weighted by molar-refractivity contribution is 7.90. The van der Waals surface area contributed by atoms with E-state index in [4.69, 9.17) is 4.42 Å². The van der Waals surface area contributed by atoms with Gasteiger partial charge in [-0.15, -0.1) is 0 Å². The zero-order valence-electron chi connectivity index (χ0n) is 15.1. The highest BCUT2D eigenvalue weighted by Crippen LogP contribution is 2.30. The van der Waals surface area contributed by atoms with E-state index in [1.807, 2.05) is 0 Å². The van der Waals surface area contributed by atoms with Gasteiger partial charge in [-0.25, -0.2) is 13.8 Å². The first-order valence-corrected chi connectivity index (χ1v) is 10.0. The van der Waals surface area contributed by atoms with Crippen molar-refractivity contribution >= 4 is 32.4 Å². The molecule has 1 amide bonds. The third-order valence-corrected chi connectivity index (χ3v) is 5.13. The smallest absolute Gasteiger partial charge is 0.312 e. The number of hydrogen-bond donors (Lipinski definition) is 2. The lowest BCUT2D eigenvalue weighted by molar-refractivity contribution is -0.383. The van der Waals surface area contributed by atoms with Crippen molar-refractivity contribution in [3.63, 3.8) is 0 Å². The second-order valence-corrected chi connectivity index (χ2v) is 8.29. The van der Waals surface area contributed by atoms with E-state index < -0.39 is 20.7 Å². The second-order valence-electron chi connectivity index (χ2n) is 6.28. The Morgan fingerprint density at radius 3 is 2.46 bits per heavy atom. The van der Waals surface area contributed by atoms with Crippen molar-refractivity contribution in [2.45, 2.75) is 18.4 Å². The Balaban J connectivity index is 1.67. The average molecular weight is 403 g/mol. The normalized spacial score (nSPS) is 11.5. The van der Waals surface area contributed by atoms with Crippen LogP contribution in [0.4, 0.5) is 5.69 Å². The third kappa shape index (κ3) is 4.18. The lowest BCUT2D eigenvalue weighted by atomic mass is 10.1. The number of carbonyl (C=O) groups excluding carboxylic acids is 1. The van der Waals surface area contributed by atoms with Crippen molar-refractivity contribution in [2.75, 3.05) is 6.26 Å². The van der Waals surface area contributed by atoms with Gasteiger partial charge in [0.1, 0.15) is 5.76 Å². The van der Waals surface area contributed by atoms with Crippen molar-refractivity contribution in [3.8, 4) is 0 Å². The van der Waals surface area contributed by atoms with E-state index in [9.17, 15) is 23.3 Å². The monoisotopic (exact) mass is 403 g/mol. The Kier molecular flexibility index (Phi) is 5.16. The molecule has 1 heterocycles. The van der Waals surface area contributed by atoms with E-state index in [2.05, 4.69) is 10.9 Å². The summed E-state index contributed by atoms with van der Waals surface area (Å²) >= 11 is 0. The fraction of sp³-hybridized carbons (Fsp3) is 0.167. The lowest BCUT2D eigenvalue weighted by Gasteiger charge is -2.06. The molecule has 0 aliphatic heterocycles. The van der Waals surface area contributed by atoms with Crippen LogP contribution in [0.1, 0.15) is 21.7 Å². The van der Waals surface area contributed by atoms with Crippen molar-refractivity contribution in [2.24, 2.45) is 0 Å². The number of amides is 1. The number of nitro groups is 1. The zero-order valence-corrected chi connectivity index (χ0v) is 15.9. The van der Waals surface area contributed by atoms with Crippen molar-refractivity contribution in [1.29, 1.82) is 0 Å². The Morgan fingerprint density at radius 1 is 1.18 bits per heavy atom. The summed E-state index contributed by atoms with van der Waals surface area (Å²) in [6.45, 7) is 1.87. The fourth-order valence-electron chi connectivity index (χ4n) is 2.69. The molecule has 0 aliphatic carbocycles. The van der Waals surface area contributed by atoms with E-state index in [1.54, 1.807) is 19.1 Å². The molecule has 10 heteroatoms. The van der Waals surface area contributed by atoms with Crippen molar-refractivity contribution < 1.29 is 22.6 Å². The number of carbonyl (C=O) groups is 1. The van der Waals surface area contributed by atoms with Crippen LogP contribution in [-0.2, 0) is 16.4 Å². The van der Waals surface area contributed by atoms with Gasteiger partial charge in [-0.1, -0.05) is 0 Å². The first-order valence-electron chi connectivity index (χ1n) is 8.16. The Hall–Kier alpha value is -3.24. The third-order valence-electron chi connectivity index (χ3n) is 4.00. The molecule has 28 heavy (non-hydrogen) atoms. The Labute approximate surface area is 160 Å². The van der Waals surface area contributed by atoms with E-state index in [0.29, 0.717) is 11.1 Å². The topological polar surface area (TPSA) is 132 Å². The molecule has 9 nitrogen and oxygen atoms in total. The maximum absolute atomic E-state index is 12.1. The summed E-state index contributed by atoms with van der Waals surface area (Å²) in [4.78, 5) is 22.9. The number of fused-ring (bicyclic) bond motifs is 1. The van der Waals surface area contributed by atoms with Gasteiger partial charge in [0.25, 0.3) is 5.91 Å². The van der Waals surface area contributed by atoms with Crippen LogP contribution in [0, 0.1) is 17.0 Å². The van der Waals surface area contributed by atoms with E-state index >= 15 is 0 Å². The largest absolute Gasteiger partial charge is 0.452 e. The van der Waals surface area contributed by atoms with E-state index in [1.165, 1.54) is 30.3 Å². The minimum Gasteiger partial charge on any atom is -0.452 e. The molecule has 2 N–H and O–H groups in total. The summed E-state index contributed by atoms with van der Waals surface area (Å²) < 4.78 is 28.4. The predicted molar refractivity (Wildman–Crippen MR) is 101 cm³/mol. The second kappa shape index (κ2) is 7.41. The maximum Gasteiger partial charge on any atom is 0.312 e. The van der Waals surface area contributed by atoms with Crippen molar-refractivity contribution in [1.82, 2.24) is 10.9 Å². The molecular weight excluding hydrogens is 386 g/mol. The number of hydrazine groups is 1. The summed E-state index contributed by atoms with van der Waals surface area (Å²) in [5, 5.41) is 11.8. The van der Waals surface area contributed by atoms with Gasteiger partial charge in [0, 0.05) is 23.3 Å². The van der Waals surface area contributed by atoms with Gasteiger partial charge in [-0.05, 0) is 48.9 Å². The quantitative estimate of drug-likeness (QED) is 0.477. The Morgan fingerprint density at radius 2 is 1.86 bits per heavy atom. The molecule has 3 aromatic rings. The summed E-state index contributed by atoms with van der Waals surface area (Å²) in [5.41, 5.74) is 6.23. The minimum absolute atomic E-state index is 0.109. The Bertz CT molecular complexity index is 1170.